The Balaban J connectivity index is 1.24. The van der Waals surface area contributed by atoms with Crippen LogP contribution in [0, 0.1) is 5.92 Å². The van der Waals surface area contributed by atoms with E-state index in [1.54, 1.807) is 42.7 Å². The van der Waals surface area contributed by atoms with Gasteiger partial charge in [-0.15, -0.1) is 0 Å². The number of hydrogen-bond donors (Lipinski definition) is 2. The summed E-state index contributed by atoms with van der Waals surface area (Å²) in [5, 5.41) is 5.73. The lowest BCUT2D eigenvalue weighted by molar-refractivity contribution is -0.152. The number of anilines is 2. The van der Waals surface area contributed by atoms with E-state index >= 15 is 0 Å². The molecule has 1 saturated carbocycles. The third-order valence-electron chi connectivity index (χ3n) is 6.14. The minimum absolute atomic E-state index is 0.182. The van der Waals surface area contributed by atoms with Gasteiger partial charge in [0.2, 0.25) is 5.95 Å². The lowest BCUT2D eigenvalue weighted by atomic mass is 9.97. The van der Waals surface area contributed by atoms with Crippen molar-refractivity contribution in [2.45, 2.75) is 44.6 Å². The zero-order valence-corrected chi connectivity index (χ0v) is 18.5. The van der Waals surface area contributed by atoms with Crippen molar-refractivity contribution in [2.75, 3.05) is 29.9 Å². The normalized spacial score (nSPS) is 16.9. The molecule has 2 N–H and O–H groups in total. The van der Waals surface area contributed by atoms with Crippen molar-refractivity contribution < 1.29 is 19.1 Å². The minimum Gasteiger partial charge on any atom is -0.455 e. The van der Waals surface area contributed by atoms with Crippen molar-refractivity contribution in [2.24, 2.45) is 5.92 Å². The summed E-state index contributed by atoms with van der Waals surface area (Å²) in [6, 6.07) is 8.80. The lowest BCUT2D eigenvalue weighted by Crippen LogP contribution is -2.38. The number of amides is 2. The molecule has 2 heterocycles. The Labute approximate surface area is 192 Å². The number of esters is 1. The van der Waals surface area contributed by atoms with Crippen LogP contribution in [-0.2, 0) is 14.3 Å². The Morgan fingerprint density at radius 2 is 1.67 bits per heavy atom. The molecule has 1 aromatic carbocycles. The third-order valence-corrected chi connectivity index (χ3v) is 6.14. The number of ether oxygens (including phenoxy) is 1. The Morgan fingerprint density at radius 1 is 0.970 bits per heavy atom. The average Bonchev–Trinajstić information content (AvgIpc) is 3.36. The monoisotopic (exact) mass is 451 g/mol. The van der Waals surface area contributed by atoms with E-state index in [-0.39, 0.29) is 30.4 Å². The zero-order chi connectivity index (χ0) is 23.0. The molecule has 2 fully saturated rings. The first kappa shape index (κ1) is 22.7. The van der Waals surface area contributed by atoms with Crippen molar-refractivity contribution >= 4 is 29.4 Å². The van der Waals surface area contributed by atoms with E-state index in [0.717, 1.165) is 25.7 Å². The summed E-state index contributed by atoms with van der Waals surface area (Å²) in [7, 11) is 0. The van der Waals surface area contributed by atoms with Gasteiger partial charge in [-0.05, 0) is 43.9 Å². The average molecular weight is 452 g/mol. The molecule has 1 aliphatic heterocycles. The molecule has 2 amide bonds. The number of aromatic nitrogens is 2. The zero-order valence-electron chi connectivity index (χ0n) is 18.5. The molecule has 33 heavy (non-hydrogen) atoms. The minimum atomic E-state index is -0.473. The predicted octanol–water partition coefficient (Wildman–Crippen LogP) is 2.55. The fourth-order valence-electron chi connectivity index (χ4n) is 4.33. The molecule has 0 radical (unpaired) electrons. The molecule has 0 bridgehead atoms. The molecular formula is C24H29N5O4. The number of nitrogens with zero attached hydrogens (tertiary/aromatic N) is 3. The number of nitrogens with one attached hydrogen (secondary N) is 2. The smallest absolute Gasteiger partial charge is 0.309 e. The number of benzene rings is 1. The van der Waals surface area contributed by atoms with Gasteiger partial charge in [0.25, 0.3) is 11.8 Å². The Kier molecular flexibility index (Phi) is 7.49. The first-order chi connectivity index (χ1) is 16.1. The van der Waals surface area contributed by atoms with Crippen LogP contribution in [0.25, 0.3) is 0 Å². The fourth-order valence-corrected chi connectivity index (χ4v) is 4.33. The molecule has 2 aliphatic rings. The van der Waals surface area contributed by atoms with E-state index in [4.69, 9.17) is 4.74 Å². The molecule has 2 aromatic rings. The van der Waals surface area contributed by atoms with Crippen LogP contribution < -0.4 is 15.5 Å². The van der Waals surface area contributed by atoms with Crippen LogP contribution in [0.3, 0.4) is 0 Å². The van der Waals surface area contributed by atoms with Gasteiger partial charge >= 0.3 is 5.97 Å². The Hall–Kier alpha value is -3.49. The van der Waals surface area contributed by atoms with Crippen LogP contribution in [0.2, 0.25) is 0 Å². The molecular weight excluding hydrogens is 422 g/mol. The van der Waals surface area contributed by atoms with E-state index in [9.17, 15) is 14.4 Å². The van der Waals surface area contributed by atoms with E-state index in [1.807, 2.05) is 4.90 Å². The SMILES string of the molecule is O=C(COC(=O)C1CCN(c2ncccn2)CC1)Nc1ccccc1C(=O)NC1CCCC1. The van der Waals surface area contributed by atoms with Crippen molar-refractivity contribution in [1.82, 2.24) is 15.3 Å². The third kappa shape index (κ3) is 6.06. The van der Waals surface area contributed by atoms with Crippen LogP contribution in [-0.4, -0.2) is 53.5 Å². The van der Waals surface area contributed by atoms with Crippen LogP contribution >= 0.6 is 0 Å². The second-order valence-electron chi connectivity index (χ2n) is 8.47. The van der Waals surface area contributed by atoms with Gasteiger partial charge in [-0.2, -0.15) is 0 Å². The lowest BCUT2D eigenvalue weighted by Gasteiger charge is -2.30. The highest BCUT2D eigenvalue weighted by Crippen LogP contribution is 2.22. The molecule has 0 atom stereocenters. The van der Waals surface area contributed by atoms with Crippen molar-refractivity contribution in [3.05, 3.63) is 48.3 Å². The maximum atomic E-state index is 12.6. The molecule has 0 unspecified atom stereocenters. The van der Waals surface area contributed by atoms with Gasteiger partial charge in [0.05, 0.1) is 17.2 Å². The van der Waals surface area contributed by atoms with Gasteiger partial charge in [0.15, 0.2) is 6.61 Å². The summed E-state index contributed by atoms with van der Waals surface area (Å²) in [4.78, 5) is 48.0. The number of hydrogen-bond acceptors (Lipinski definition) is 7. The predicted molar refractivity (Wildman–Crippen MR) is 123 cm³/mol. The number of rotatable bonds is 7. The Morgan fingerprint density at radius 3 is 2.39 bits per heavy atom. The molecule has 1 aliphatic carbocycles. The van der Waals surface area contributed by atoms with Gasteiger partial charge in [-0.25, -0.2) is 9.97 Å². The summed E-state index contributed by atoms with van der Waals surface area (Å²) >= 11 is 0. The van der Waals surface area contributed by atoms with Crippen LogP contribution in [0.1, 0.15) is 48.9 Å². The van der Waals surface area contributed by atoms with E-state index in [0.29, 0.717) is 43.1 Å². The van der Waals surface area contributed by atoms with Crippen molar-refractivity contribution in [3.63, 3.8) is 0 Å². The quantitative estimate of drug-likeness (QED) is 0.622. The summed E-state index contributed by atoms with van der Waals surface area (Å²) in [6.45, 7) is 0.915. The highest BCUT2D eigenvalue weighted by molar-refractivity contribution is 6.04. The maximum Gasteiger partial charge on any atom is 0.309 e. The largest absolute Gasteiger partial charge is 0.455 e. The number of para-hydroxylation sites is 1. The van der Waals surface area contributed by atoms with Gasteiger partial charge in [-0.3, -0.25) is 14.4 Å². The number of carbonyl (C=O) groups is 3. The molecule has 4 rings (SSSR count). The molecule has 1 saturated heterocycles. The standard InChI is InChI=1S/C24H29N5O4/c30-21(28-20-9-4-3-8-19(20)22(31)27-18-6-1-2-7-18)16-33-23(32)17-10-14-29(15-11-17)24-25-12-5-13-26-24/h3-5,8-9,12-13,17-18H,1-2,6-7,10-11,14-16H2,(H,27,31)(H,28,30). The molecule has 9 heteroatoms. The van der Waals surface area contributed by atoms with Crippen LogP contribution in [0.5, 0.6) is 0 Å². The van der Waals surface area contributed by atoms with Crippen LogP contribution in [0.4, 0.5) is 11.6 Å². The fraction of sp³-hybridized carbons (Fsp3) is 0.458. The second kappa shape index (κ2) is 10.9. The van der Waals surface area contributed by atoms with Crippen LogP contribution in [0.15, 0.2) is 42.7 Å². The first-order valence-corrected chi connectivity index (χ1v) is 11.5. The number of carbonyl (C=O) groups excluding carboxylic acids is 3. The Bertz CT molecular complexity index is 970. The van der Waals surface area contributed by atoms with Crippen molar-refractivity contribution in [1.29, 1.82) is 0 Å². The number of piperidine rings is 1. The van der Waals surface area contributed by atoms with Gasteiger partial charge < -0.3 is 20.3 Å². The molecule has 1 aromatic heterocycles. The van der Waals surface area contributed by atoms with E-state index in [1.165, 1.54) is 0 Å². The topological polar surface area (TPSA) is 114 Å². The maximum absolute atomic E-state index is 12.6. The summed E-state index contributed by atoms with van der Waals surface area (Å²) < 4.78 is 5.26. The summed E-state index contributed by atoms with van der Waals surface area (Å²) in [5.41, 5.74) is 0.810. The molecule has 174 valence electrons. The van der Waals surface area contributed by atoms with E-state index < -0.39 is 5.91 Å². The summed E-state index contributed by atoms with van der Waals surface area (Å²) in [6.07, 6.45) is 8.81. The van der Waals surface area contributed by atoms with Gasteiger partial charge in [-0.1, -0.05) is 25.0 Å². The van der Waals surface area contributed by atoms with Gasteiger partial charge in [0, 0.05) is 31.5 Å². The molecule has 9 nitrogen and oxygen atoms in total. The van der Waals surface area contributed by atoms with Gasteiger partial charge in [0.1, 0.15) is 0 Å². The van der Waals surface area contributed by atoms with E-state index in [2.05, 4.69) is 20.6 Å². The highest BCUT2D eigenvalue weighted by atomic mass is 16.5. The highest BCUT2D eigenvalue weighted by Gasteiger charge is 2.28. The second-order valence-corrected chi connectivity index (χ2v) is 8.47. The first-order valence-electron chi connectivity index (χ1n) is 11.5. The molecule has 0 spiro atoms. The summed E-state index contributed by atoms with van der Waals surface area (Å²) in [5.74, 6) is -0.670. The van der Waals surface area contributed by atoms with Crippen molar-refractivity contribution in [3.8, 4) is 0 Å².